The Balaban J connectivity index is 1.76. The molecule has 2 N–H and O–H groups in total. The van der Waals surface area contributed by atoms with Crippen molar-refractivity contribution in [3.8, 4) is 0 Å². The van der Waals surface area contributed by atoms with E-state index in [9.17, 15) is 4.79 Å². The van der Waals surface area contributed by atoms with Gasteiger partial charge in [-0.05, 0) is 30.9 Å². The number of imidazole rings is 1. The van der Waals surface area contributed by atoms with Gasteiger partial charge in [-0.2, -0.15) is 0 Å². The topological polar surface area (TPSA) is 66.6 Å². The minimum atomic E-state index is -0.00921. The number of hydrogen-bond acceptors (Lipinski definition) is 3. The molecule has 2 rings (SSSR count). The third kappa shape index (κ3) is 4.06. The second-order valence-corrected chi connectivity index (χ2v) is 5.16. The lowest BCUT2D eigenvalue weighted by molar-refractivity contribution is -0.120. The molecular formula is C15H21N3O2. The van der Waals surface area contributed by atoms with E-state index in [0.29, 0.717) is 18.9 Å². The number of pyridine rings is 1. The molecule has 0 bridgehead atoms. The van der Waals surface area contributed by atoms with Gasteiger partial charge in [0.05, 0.1) is 12.1 Å². The number of nitrogens with zero attached hydrogens (tertiary/aromatic N) is 2. The molecule has 0 aliphatic heterocycles. The van der Waals surface area contributed by atoms with E-state index in [1.165, 1.54) is 0 Å². The number of nitrogens with one attached hydrogen (secondary N) is 1. The predicted octanol–water partition coefficient (Wildman–Crippen LogP) is 1.40. The molecular weight excluding hydrogens is 254 g/mol. The van der Waals surface area contributed by atoms with E-state index in [4.69, 9.17) is 5.11 Å². The molecule has 2 heterocycles. The van der Waals surface area contributed by atoms with Crippen molar-refractivity contribution in [1.29, 1.82) is 0 Å². The Hall–Kier alpha value is -1.88. The Morgan fingerprint density at radius 1 is 1.50 bits per heavy atom. The molecule has 0 fully saturated rings. The highest BCUT2D eigenvalue weighted by molar-refractivity contribution is 5.78. The number of hydrogen-bond donors (Lipinski definition) is 2. The second-order valence-electron chi connectivity index (χ2n) is 5.16. The lowest BCUT2D eigenvalue weighted by Crippen LogP contribution is -2.26. The minimum Gasteiger partial charge on any atom is -0.396 e. The van der Waals surface area contributed by atoms with Crippen LogP contribution in [0.25, 0.3) is 5.65 Å². The fourth-order valence-corrected chi connectivity index (χ4v) is 2.07. The summed E-state index contributed by atoms with van der Waals surface area (Å²) < 4.78 is 1.91. The van der Waals surface area contributed by atoms with Gasteiger partial charge in [0, 0.05) is 25.5 Å². The van der Waals surface area contributed by atoms with Gasteiger partial charge in [0.2, 0.25) is 5.91 Å². The van der Waals surface area contributed by atoms with Gasteiger partial charge in [0.25, 0.3) is 0 Å². The van der Waals surface area contributed by atoms with Crippen molar-refractivity contribution >= 4 is 11.6 Å². The van der Waals surface area contributed by atoms with E-state index < -0.39 is 0 Å². The molecule has 5 nitrogen and oxygen atoms in total. The van der Waals surface area contributed by atoms with Crippen molar-refractivity contribution in [2.24, 2.45) is 5.92 Å². The maximum atomic E-state index is 11.8. The first-order valence-electron chi connectivity index (χ1n) is 6.99. The monoisotopic (exact) mass is 275 g/mol. The number of amides is 1. The zero-order valence-corrected chi connectivity index (χ0v) is 11.7. The van der Waals surface area contributed by atoms with Gasteiger partial charge in [-0.25, -0.2) is 4.98 Å². The average Bonchev–Trinajstić information content (AvgIpc) is 2.85. The highest BCUT2D eigenvalue weighted by atomic mass is 16.3. The third-order valence-electron chi connectivity index (χ3n) is 3.26. The zero-order chi connectivity index (χ0) is 14.4. The first-order valence-corrected chi connectivity index (χ1v) is 6.99. The first kappa shape index (κ1) is 14.5. The van der Waals surface area contributed by atoms with Crippen LogP contribution in [-0.2, 0) is 11.2 Å². The molecule has 1 atom stereocenters. The van der Waals surface area contributed by atoms with Gasteiger partial charge in [0.1, 0.15) is 5.65 Å². The average molecular weight is 275 g/mol. The van der Waals surface area contributed by atoms with Crippen LogP contribution < -0.4 is 5.32 Å². The number of carbonyl (C=O) groups is 1. The van der Waals surface area contributed by atoms with Gasteiger partial charge in [-0.15, -0.1) is 0 Å². The second kappa shape index (κ2) is 7.05. The Bertz CT molecular complexity index is 532. The van der Waals surface area contributed by atoms with Crippen LogP contribution in [0.4, 0.5) is 0 Å². The maximum Gasteiger partial charge on any atom is 0.226 e. The Labute approximate surface area is 118 Å². The summed E-state index contributed by atoms with van der Waals surface area (Å²) in [6.07, 6.45) is 5.91. The molecule has 5 heteroatoms. The highest BCUT2D eigenvalue weighted by Gasteiger charge is 2.07. The van der Waals surface area contributed by atoms with Crippen molar-refractivity contribution in [2.45, 2.75) is 26.2 Å². The summed E-state index contributed by atoms with van der Waals surface area (Å²) in [7, 11) is 0. The molecule has 20 heavy (non-hydrogen) atoms. The molecule has 0 saturated carbocycles. The molecule has 0 saturated heterocycles. The quantitative estimate of drug-likeness (QED) is 0.751. The van der Waals surface area contributed by atoms with Crippen molar-refractivity contribution < 1.29 is 9.90 Å². The molecule has 0 aromatic carbocycles. The van der Waals surface area contributed by atoms with Crippen LogP contribution in [0.1, 0.15) is 25.5 Å². The van der Waals surface area contributed by atoms with E-state index in [-0.39, 0.29) is 12.5 Å². The summed E-state index contributed by atoms with van der Waals surface area (Å²) in [5.41, 5.74) is 1.63. The van der Waals surface area contributed by atoms with E-state index >= 15 is 0 Å². The molecule has 0 spiro atoms. The Kier molecular flexibility index (Phi) is 5.12. The first-order chi connectivity index (χ1) is 9.69. The minimum absolute atomic E-state index is 0.00921. The van der Waals surface area contributed by atoms with Crippen LogP contribution in [0.3, 0.4) is 0 Å². The van der Waals surface area contributed by atoms with Crippen molar-refractivity contribution in [3.05, 3.63) is 36.3 Å². The molecule has 108 valence electrons. The third-order valence-corrected chi connectivity index (χ3v) is 3.26. The van der Waals surface area contributed by atoms with E-state index in [2.05, 4.69) is 10.3 Å². The lowest BCUT2D eigenvalue weighted by atomic mass is 10.1. The van der Waals surface area contributed by atoms with Crippen LogP contribution in [0.2, 0.25) is 0 Å². The van der Waals surface area contributed by atoms with Crippen LogP contribution in [0.15, 0.2) is 30.6 Å². The number of aromatic nitrogens is 2. The summed E-state index contributed by atoms with van der Waals surface area (Å²) in [4.78, 5) is 16.2. The fraction of sp³-hybridized carbons (Fsp3) is 0.467. The molecule has 1 amide bonds. The number of aliphatic hydroxyl groups is 1. The van der Waals surface area contributed by atoms with Gasteiger partial charge in [-0.1, -0.05) is 13.0 Å². The van der Waals surface area contributed by atoms with E-state index in [0.717, 1.165) is 24.2 Å². The molecule has 1 unspecified atom stereocenters. The number of fused-ring (bicyclic) bond motifs is 1. The van der Waals surface area contributed by atoms with Crippen LogP contribution in [-0.4, -0.2) is 33.6 Å². The zero-order valence-electron chi connectivity index (χ0n) is 11.7. The van der Waals surface area contributed by atoms with E-state index in [1.54, 1.807) is 0 Å². The molecule has 0 aliphatic rings. The van der Waals surface area contributed by atoms with Gasteiger partial charge < -0.3 is 14.8 Å². The maximum absolute atomic E-state index is 11.8. The summed E-state index contributed by atoms with van der Waals surface area (Å²) in [6, 6.07) is 5.77. The Morgan fingerprint density at radius 3 is 3.10 bits per heavy atom. The highest BCUT2D eigenvalue weighted by Crippen LogP contribution is 2.05. The Morgan fingerprint density at radius 2 is 2.35 bits per heavy atom. The summed E-state index contributed by atoms with van der Waals surface area (Å²) in [5.74, 6) is 0.287. The van der Waals surface area contributed by atoms with Gasteiger partial charge >= 0.3 is 0 Å². The SMILES string of the molecule is CC(CO)CCCNC(=O)Cc1cn2ccccc2n1. The number of rotatable bonds is 7. The molecule has 2 aromatic heterocycles. The largest absolute Gasteiger partial charge is 0.396 e. The van der Waals surface area contributed by atoms with Crippen LogP contribution in [0.5, 0.6) is 0 Å². The summed E-state index contributed by atoms with van der Waals surface area (Å²) in [5, 5.41) is 11.8. The molecule has 0 radical (unpaired) electrons. The van der Waals surface area contributed by atoms with Crippen molar-refractivity contribution in [2.75, 3.05) is 13.2 Å². The smallest absolute Gasteiger partial charge is 0.226 e. The molecule has 2 aromatic rings. The normalized spacial score (nSPS) is 12.5. The van der Waals surface area contributed by atoms with Crippen molar-refractivity contribution in [3.63, 3.8) is 0 Å². The fourth-order valence-electron chi connectivity index (χ4n) is 2.07. The molecule has 0 aliphatic carbocycles. The predicted molar refractivity (Wildman–Crippen MR) is 77.4 cm³/mol. The summed E-state index contributed by atoms with van der Waals surface area (Å²) in [6.45, 7) is 2.85. The standard InChI is InChI=1S/C15H21N3O2/c1-12(11-19)5-4-7-16-15(20)9-13-10-18-8-3-2-6-14(18)17-13/h2-3,6,8,10,12,19H,4-5,7,9,11H2,1H3,(H,16,20). The van der Waals surface area contributed by atoms with Gasteiger partial charge in [0.15, 0.2) is 0 Å². The van der Waals surface area contributed by atoms with Crippen LogP contribution in [0, 0.1) is 5.92 Å². The van der Waals surface area contributed by atoms with Crippen molar-refractivity contribution in [1.82, 2.24) is 14.7 Å². The van der Waals surface area contributed by atoms with Crippen LogP contribution >= 0.6 is 0 Å². The van der Waals surface area contributed by atoms with E-state index in [1.807, 2.05) is 41.9 Å². The number of carbonyl (C=O) groups excluding carboxylic acids is 1. The van der Waals surface area contributed by atoms with Gasteiger partial charge in [-0.3, -0.25) is 4.79 Å². The lowest BCUT2D eigenvalue weighted by Gasteiger charge is -2.07. The summed E-state index contributed by atoms with van der Waals surface area (Å²) >= 11 is 0. The number of aliphatic hydroxyl groups excluding tert-OH is 1.